The Bertz CT molecular complexity index is 568. The molecule has 0 aliphatic carbocycles. The van der Waals surface area contributed by atoms with Gasteiger partial charge < -0.3 is 0 Å². The number of aryl methyl sites for hydroxylation is 2. The molecule has 0 aliphatic heterocycles. The van der Waals surface area contributed by atoms with Gasteiger partial charge >= 0.3 is 0 Å². The summed E-state index contributed by atoms with van der Waals surface area (Å²) in [5.41, 5.74) is 1.29. The molecule has 0 saturated carbocycles. The highest BCUT2D eigenvalue weighted by Gasteiger charge is 2.17. The van der Waals surface area contributed by atoms with Crippen molar-refractivity contribution in [3.05, 3.63) is 51.0 Å². The van der Waals surface area contributed by atoms with Crippen molar-refractivity contribution < 1.29 is 8.78 Å². The molecule has 2 rings (SSSR count). The first kappa shape index (κ1) is 13.4. The lowest BCUT2D eigenvalue weighted by atomic mass is 10.1. The van der Waals surface area contributed by atoms with E-state index in [1.54, 1.807) is 0 Å². The maximum atomic E-state index is 13.5. The predicted molar refractivity (Wildman–Crippen MR) is 70.2 cm³/mol. The second kappa shape index (κ2) is 5.33. The molecule has 0 N–H and O–H groups in total. The zero-order valence-electron chi connectivity index (χ0n) is 10.0. The zero-order valence-corrected chi connectivity index (χ0v) is 11.6. The highest BCUT2D eigenvalue weighted by atomic mass is 35.5. The molecule has 1 atom stereocenters. The molecule has 0 radical (unpaired) electrons. The Balaban J connectivity index is 2.21. The molecule has 0 saturated heterocycles. The fourth-order valence-electron chi connectivity index (χ4n) is 1.81. The molecule has 1 unspecified atom stereocenters. The van der Waals surface area contributed by atoms with Gasteiger partial charge in [0.05, 0.1) is 16.1 Å². The van der Waals surface area contributed by atoms with Crippen molar-refractivity contribution in [1.82, 2.24) is 4.98 Å². The molecule has 18 heavy (non-hydrogen) atoms. The summed E-state index contributed by atoms with van der Waals surface area (Å²) in [5.74, 6) is -1.13. The normalized spacial score (nSPS) is 12.7. The van der Waals surface area contributed by atoms with Crippen LogP contribution in [0.3, 0.4) is 0 Å². The van der Waals surface area contributed by atoms with E-state index in [1.165, 1.54) is 23.5 Å². The third-order valence-electron chi connectivity index (χ3n) is 2.64. The van der Waals surface area contributed by atoms with Crippen molar-refractivity contribution in [2.75, 3.05) is 0 Å². The van der Waals surface area contributed by atoms with Gasteiger partial charge in [0.2, 0.25) is 0 Å². The van der Waals surface area contributed by atoms with E-state index in [9.17, 15) is 8.78 Å². The number of hydrogen-bond acceptors (Lipinski definition) is 2. The standard InChI is InChI=1S/C13H12ClF2NS/c1-7-13(18-8(2)17-7)11(14)5-9-3-4-10(15)6-12(9)16/h3-4,6,11H,5H2,1-2H3. The molecular weight excluding hydrogens is 276 g/mol. The van der Waals surface area contributed by atoms with Crippen molar-refractivity contribution >= 4 is 22.9 Å². The molecule has 1 aromatic heterocycles. The molecule has 0 spiro atoms. The predicted octanol–water partition coefficient (Wildman–Crippen LogP) is 4.56. The first-order valence-electron chi connectivity index (χ1n) is 5.49. The molecule has 1 aromatic carbocycles. The van der Waals surface area contributed by atoms with Gasteiger partial charge in [-0.2, -0.15) is 0 Å². The van der Waals surface area contributed by atoms with Gasteiger partial charge in [0.15, 0.2) is 0 Å². The molecule has 96 valence electrons. The molecule has 1 heterocycles. The van der Waals surface area contributed by atoms with Crippen molar-refractivity contribution in [1.29, 1.82) is 0 Å². The van der Waals surface area contributed by atoms with Gasteiger partial charge in [-0.1, -0.05) is 6.07 Å². The lowest BCUT2D eigenvalue weighted by Gasteiger charge is -2.09. The number of thiazole rings is 1. The molecule has 0 bridgehead atoms. The number of aromatic nitrogens is 1. The van der Waals surface area contributed by atoms with Gasteiger partial charge in [-0.25, -0.2) is 13.8 Å². The van der Waals surface area contributed by atoms with E-state index in [-0.39, 0.29) is 5.38 Å². The van der Waals surface area contributed by atoms with Gasteiger partial charge in [-0.15, -0.1) is 22.9 Å². The van der Waals surface area contributed by atoms with Gasteiger partial charge in [0.1, 0.15) is 11.6 Å². The molecule has 0 amide bonds. The highest BCUT2D eigenvalue weighted by molar-refractivity contribution is 7.12. The van der Waals surface area contributed by atoms with Gasteiger partial charge in [0, 0.05) is 10.9 Å². The van der Waals surface area contributed by atoms with Crippen LogP contribution in [0.15, 0.2) is 18.2 Å². The minimum absolute atomic E-state index is 0.330. The summed E-state index contributed by atoms with van der Waals surface area (Å²) in [6, 6.07) is 3.56. The maximum Gasteiger partial charge on any atom is 0.129 e. The van der Waals surface area contributed by atoms with Crippen LogP contribution in [-0.2, 0) is 6.42 Å². The molecule has 1 nitrogen and oxygen atoms in total. The van der Waals surface area contributed by atoms with Crippen LogP contribution < -0.4 is 0 Å². The number of hydrogen-bond donors (Lipinski definition) is 0. The summed E-state index contributed by atoms with van der Waals surface area (Å²) in [4.78, 5) is 5.23. The van der Waals surface area contributed by atoms with Crippen LogP contribution in [0.2, 0.25) is 0 Å². The maximum absolute atomic E-state index is 13.5. The lowest BCUT2D eigenvalue weighted by molar-refractivity contribution is 0.571. The van der Waals surface area contributed by atoms with Crippen LogP contribution in [-0.4, -0.2) is 4.98 Å². The summed E-state index contributed by atoms with van der Waals surface area (Å²) < 4.78 is 26.3. The van der Waals surface area contributed by atoms with Crippen LogP contribution in [0.25, 0.3) is 0 Å². The van der Waals surface area contributed by atoms with Crippen LogP contribution in [0.5, 0.6) is 0 Å². The van der Waals surface area contributed by atoms with E-state index in [1.807, 2.05) is 13.8 Å². The smallest absolute Gasteiger partial charge is 0.129 e. The third-order valence-corrected chi connectivity index (χ3v) is 4.33. The summed E-state index contributed by atoms with van der Waals surface area (Å²) in [6.45, 7) is 3.79. The molecule has 2 aromatic rings. The third kappa shape index (κ3) is 2.87. The van der Waals surface area contributed by atoms with E-state index in [0.717, 1.165) is 21.6 Å². The fourth-order valence-corrected chi connectivity index (χ4v) is 3.17. The first-order valence-corrected chi connectivity index (χ1v) is 6.74. The Morgan fingerprint density at radius 2 is 2.06 bits per heavy atom. The second-order valence-electron chi connectivity index (χ2n) is 4.09. The van der Waals surface area contributed by atoms with E-state index in [4.69, 9.17) is 11.6 Å². The fraction of sp³-hybridized carbons (Fsp3) is 0.308. The highest BCUT2D eigenvalue weighted by Crippen LogP contribution is 2.32. The first-order chi connectivity index (χ1) is 8.47. The average molecular weight is 288 g/mol. The topological polar surface area (TPSA) is 12.9 Å². The number of benzene rings is 1. The number of nitrogens with zero attached hydrogens (tertiary/aromatic N) is 1. The number of alkyl halides is 1. The van der Waals surface area contributed by atoms with Crippen LogP contribution in [0, 0.1) is 25.5 Å². The summed E-state index contributed by atoms with van der Waals surface area (Å²) >= 11 is 7.79. The van der Waals surface area contributed by atoms with E-state index >= 15 is 0 Å². The number of rotatable bonds is 3. The van der Waals surface area contributed by atoms with E-state index in [0.29, 0.717) is 12.0 Å². The van der Waals surface area contributed by atoms with Gasteiger partial charge in [0.25, 0.3) is 0 Å². The largest absolute Gasteiger partial charge is 0.247 e. The summed E-state index contributed by atoms with van der Waals surface area (Å²) in [7, 11) is 0. The zero-order chi connectivity index (χ0) is 13.3. The SMILES string of the molecule is Cc1nc(C)c(C(Cl)Cc2ccc(F)cc2F)s1. The van der Waals surface area contributed by atoms with Crippen LogP contribution in [0.4, 0.5) is 8.78 Å². The second-order valence-corrected chi connectivity index (χ2v) is 5.85. The molecule has 5 heteroatoms. The lowest BCUT2D eigenvalue weighted by Crippen LogP contribution is -1.99. The minimum atomic E-state index is -0.577. The Hall–Kier alpha value is -1.00. The summed E-state index contributed by atoms with van der Waals surface area (Å²) in [6.07, 6.45) is 0.330. The monoisotopic (exact) mass is 287 g/mol. The Morgan fingerprint density at radius 3 is 2.61 bits per heavy atom. The number of halogens is 3. The quantitative estimate of drug-likeness (QED) is 0.754. The van der Waals surface area contributed by atoms with Gasteiger partial charge in [-0.3, -0.25) is 0 Å². The van der Waals surface area contributed by atoms with E-state index < -0.39 is 11.6 Å². The molecular formula is C13H12ClF2NS. The minimum Gasteiger partial charge on any atom is -0.247 e. The molecule has 0 aliphatic rings. The Labute approximate surface area is 113 Å². The molecule has 0 fully saturated rings. The van der Waals surface area contributed by atoms with Crippen molar-refractivity contribution in [3.63, 3.8) is 0 Å². The average Bonchev–Trinajstić information content (AvgIpc) is 2.62. The summed E-state index contributed by atoms with van der Waals surface area (Å²) in [5, 5.41) is 0.601. The Morgan fingerprint density at radius 1 is 1.33 bits per heavy atom. The van der Waals surface area contributed by atoms with Crippen molar-refractivity contribution in [3.8, 4) is 0 Å². The van der Waals surface area contributed by atoms with Crippen LogP contribution in [0.1, 0.15) is 26.5 Å². The van der Waals surface area contributed by atoms with E-state index in [2.05, 4.69) is 4.98 Å². The Kier molecular flexibility index (Phi) is 3.97. The van der Waals surface area contributed by atoms with Crippen LogP contribution >= 0.6 is 22.9 Å². The van der Waals surface area contributed by atoms with Gasteiger partial charge in [-0.05, 0) is 31.9 Å². The van der Waals surface area contributed by atoms with Crippen molar-refractivity contribution in [2.45, 2.75) is 25.6 Å². The van der Waals surface area contributed by atoms with Crippen molar-refractivity contribution in [2.24, 2.45) is 0 Å².